The molecule has 2 aromatic heterocycles. The van der Waals surface area contributed by atoms with E-state index >= 15 is 0 Å². The summed E-state index contributed by atoms with van der Waals surface area (Å²) in [5, 5.41) is 2.98. The molecule has 0 spiro atoms. The van der Waals surface area contributed by atoms with Crippen LogP contribution in [0.1, 0.15) is 49.4 Å². The number of amides is 1. The van der Waals surface area contributed by atoms with E-state index in [4.69, 9.17) is 20.4 Å². The summed E-state index contributed by atoms with van der Waals surface area (Å²) in [7, 11) is 0. The van der Waals surface area contributed by atoms with Crippen molar-refractivity contribution >= 4 is 33.9 Å². The quantitative estimate of drug-likeness (QED) is 0.613. The monoisotopic (exact) mass is 381 g/mol. The van der Waals surface area contributed by atoms with Gasteiger partial charge < -0.3 is 20.4 Å². The number of nitrogens with two attached hydrogens (primary N) is 1. The SMILES string of the molecule is CCCCCn1c(N)c(C(=O)NC[C@H]2CCCO2)c2nc3ccccc3nc21. The zero-order chi connectivity index (χ0) is 19.5. The molecular formula is C21H27N5O2. The first kappa shape index (κ1) is 18.7. The summed E-state index contributed by atoms with van der Waals surface area (Å²) in [6.45, 7) is 4.13. The topological polar surface area (TPSA) is 95.1 Å². The van der Waals surface area contributed by atoms with Crippen LogP contribution in [-0.4, -0.2) is 39.7 Å². The predicted octanol–water partition coefficient (Wildman–Crippen LogP) is 3.27. The molecule has 1 aliphatic heterocycles. The molecule has 0 unspecified atom stereocenters. The molecule has 4 rings (SSSR count). The van der Waals surface area contributed by atoms with Crippen molar-refractivity contribution in [3.05, 3.63) is 29.8 Å². The molecule has 3 N–H and O–H groups in total. The highest BCUT2D eigenvalue weighted by atomic mass is 16.5. The molecule has 3 aromatic rings. The van der Waals surface area contributed by atoms with Gasteiger partial charge in [-0.05, 0) is 31.4 Å². The second-order valence-electron chi connectivity index (χ2n) is 7.35. The summed E-state index contributed by atoms with van der Waals surface area (Å²) in [6, 6.07) is 7.69. The van der Waals surface area contributed by atoms with E-state index < -0.39 is 0 Å². The Morgan fingerprint density at radius 3 is 2.79 bits per heavy atom. The van der Waals surface area contributed by atoms with Gasteiger partial charge in [0.25, 0.3) is 5.91 Å². The Morgan fingerprint density at radius 2 is 2.07 bits per heavy atom. The van der Waals surface area contributed by atoms with Crippen molar-refractivity contribution < 1.29 is 9.53 Å². The van der Waals surface area contributed by atoms with Gasteiger partial charge in [-0.15, -0.1) is 0 Å². The third-order valence-corrected chi connectivity index (χ3v) is 5.32. The Bertz CT molecular complexity index is 991. The molecule has 0 radical (unpaired) electrons. The van der Waals surface area contributed by atoms with Crippen LogP contribution in [0.25, 0.3) is 22.2 Å². The fourth-order valence-electron chi connectivity index (χ4n) is 3.79. The molecule has 28 heavy (non-hydrogen) atoms. The smallest absolute Gasteiger partial charge is 0.257 e. The van der Waals surface area contributed by atoms with Gasteiger partial charge in [0, 0.05) is 19.7 Å². The number of rotatable bonds is 7. The minimum absolute atomic E-state index is 0.0787. The van der Waals surface area contributed by atoms with Crippen LogP contribution in [0.15, 0.2) is 24.3 Å². The first-order chi connectivity index (χ1) is 13.7. The standard InChI is InChI=1S/C21H27N5O2/c1-2-3-6-11-26-19(22)17(21(27)23-13-14-8-7-12-28-14)18-20(26)25-16-10-5-4-9-15(16)24-18/h4-5,9-10,14H,2-3,6-8,11-13,22H2,1H3,(H,23,27)/t14-/m1/s1. The van der Waals surface area contributed by atoms with Crippen molar-refractivity contribution in [1.82, 2.24) is 19.9 Å². The molecule has 3 heterocycles. The number of nitrogens with one attached hydrogen (secondary N) is 1. The molecule has 1 atom stereocenters. The third-order valence-electron chi connectivity index (χ3n) is 5.32. The molecule has 7 heteroatoms. The molecule has 0 bridgehead atoms. The van der Waals surface area contributed by atoms with Crippen LogP contribution in [-0.2, 0) is 11.3 Å². The summed E-state index contributed by atoms with van der Waals surface area (Å²) < 4.78 is 7.54. The van der Waals surface area contributed by atoms with Gasteiger partial charge >= 0.3 is 0 Å². The molecular weight excluding hydrogens is 354 g/mol. The van der Waals surface area contributed by atoms with Crippen LogP contribution >= 0.6 is 0 Å². The first-order valence-corrected chi connectivity index (χ1v) is 10.1. The highest BCUT2D eigenvalue weighted by Crippen LogP contribution is 2.28. The number of aromatic nitrogens is 3. The Morgan fingerprint density at radius 1 is 1.29 bits per heavy atom. The number of para-hydroxylation sites is 2. The molecule has 1 saturated heterocycles. The van der Waals surface area contributed by atoms with Gasteiger partial charge in [0.05, 0.1) is 17.1 Å². The lowest BCUT2D eigenvalue weighted by Crippen LogP contribution is -2.32. The van der Waals surface area contributed by atoms with E-state index in [1.54, 1.807) is 0 Å². The lowest BCUT2D eigenvalue weighted by atomic mass is 10.2. The van der Waals surface area contributed by atoms with Crippen LogP contribution < -0.4 is 11.1 Å². The normalized spacial score (nSPS) is 16.8. The number of carbonyl (C=O) groups excluding carboxylic acids is 1. The zero-order valence-electron chi connectivity index (χ0n) is 16.3. The number of carbonyl (C=O) groups is 1. The molecule has 148 valence electrons. The van der Waals surface area contributed by atoms with E-state index in [-0.39, 0.29) is 12.0 Å². The van der Waals surface area contributed by atoms with Crippen molar-refractivity contribution in [1.29, 1.82) is 0 Å². The number of ether oxygens (including phenoxy) is 1. The highest BCUT2D eigenvalue weighted by molar-refractivity contribution is 6.10. The number of aryl methyl sites for hydroxylation is 1. The molecule has 0 saturated carbocycles. The summed E-state index contributed by atoms with van der Waals surface area (Å²) in [5.41, 5.74) is 9.66. The van der Waals surface area contributed by atoms with E-state index in [2.05, 4.69) is 12.2 Å². The summed E-state index contributed by atoms with van der Waals surface area (Å²) in [4.78, 5) is 22.5. The van der Waals surface area contributed by atoms with Crippen molar-refractivity contribution in [2.75, 3.05) is 18.9 Å². The van der Waals surface area contributed by atoms with Gasteiger partial charge in [0.1, 0.15) is 16.9 Å². The van der Waals surface area contributed by atoms with Crippen molar-refractivity contribution in [2.24, 2.45) is 0 Å². The van der Waals surface area contributed by atoms with E-state index in [9.17, 15) is 4.79 Å². The van der Waals surface area contributed by atoms with Crippen LogP contribution in [0.2, 0.25) is 0 Å². The van der Waals surface area contributed by atoms with Gasteiger partial charge in [0.15, 0.2) is 5.65 Å². The highest BCUT2D eigenvalue weighted by Gasteiger charge is 2.25. The Hall–Kier alpha value is -2.67. The second kappa shape index (κ2) is 8.14. The summed E-state index contributed by atoms with van der Waals surface area (Å²) in [6.07, 6.45) is 5.28. The van der Waals surface area contributed by atoms with Crippen LogP contribution in [0.4, 0.5) is 5.82 Å². The van der Waals surface area contributed by atoms with Gasteiger partial charge in [-0.2, -0.15) is 0 Å². The van der Waals surface area contributed by atoms with Gasteiger partial charge in [-0.1, -0.05) is 31.9 Å². The van der Waals surface area contributed by atoms with Gasteiger partial charge in [0.2, 0.25) is 0 Å². The summed E-state index contributed by atoms with van der Waals surface area (Å²) >= 11 is 0. The van der Waals surface area contributed by atoms with E-state index in [0.29, 0.717) is 29.1 Å². The van der Waals surface area contributed by atoms with Gasteiger partial charge in [-0.3, -0.25) is 4.79 Å². The number of hydrogen-bond acceptors (Lipinski definition) is 5. The van der Waals surface area contributed by atoms with Crippen LogP contribution in [0.5, 0.6) is 0 Å². The van der Waals surface area contributed by atoms with E-state index in [1.807, 2.05) is 28.8 Å². The number of nitrogens with zero attached hydrogens (tertiary/aromatic N) is 3. The average Bonchev–Trinajstić information content (AvgIpc) is 3.31. The molecule has 7 nitrogen and oxygen atoms in total. The van der Waals surface area contributed by atoms with E-state index in [0.717, 1.165) is 56.3 Å². The van der Waals surface area contributed by atoms with Crippen molar-refractivity contribution in [3.8, 4) is 0 Å². The fourth-order valence-corrected chi connectivity index (χ4v) is 3.79. The summed E-state index contributed by atoms with van der Waals surface area (Å²) in [5.74, 6) is 0.225. The molecule has 1 amide bonds. The lowest BCUT2D eigenvalue weighted by Gasteiger charge is -2.11. The van der Waals surface area contributed by atoms with Crippen LogP contribution in [0, 0.1) is 0 Å². The first-order valence-electron chi connectivity index (χ1n) is 10.1. The number of benzene rings is 1. The number of unbranched alkanes of at least 4 members (excludes halogenated alkanes) is 2. The average molecular weight is 381 g/mol. The van der Waals surface area contributed by atoms with Gasteiger partial charge in [-0.25, -0.2) is 9.97 Å². The Balaban J connectivity index is 1.73. The molecule has 1 aliphatic rings. The van der Waals surface area contributed by atoms with Crippen molar-refractivity contribution in [2.45, 2.75) is 51.7 Å². The minimum Gasteiger partial charge on any atom is -0.384 e. The number of fused-ring (bicyclic) bond motifs is 2. The van der Waals surface area contributed by atoms with Crippen LogP contribution in [0.3, 0.4) is 0 Å². The Kier molecular flexibility index (Phi) is 5.43. The minimum atomic E-state index is -0.211. The maximum absolute atomic E-state index is 13.0. The number of nitrogen functional groups attached to an aromatic ring is 1. The Labute approximate surface area is 164 Å². The maximum atomic E-state index is 13.0. The largest absolute Gasteiger partial charge is 0.384 e. The number of hydrogen-bond donors (Lipinski definition) is 2. The zero-order valence-corrected chi connectivity index (χ0v) is 16.3. The second-order valence-corrected chi connectivity index (χ2v) is 7.35. The molecule has 1 aromatic carbocycles. The van der Waals surface area contributed by atoms with E-state index in [1.165, 1.54) is 0 Å². The lowest BCUT2D eigenvalue weighted by molar-refractivity contribution is 0.0859. The maximum Gasteiger partial charge on any atom is 0.257 e. The van der Waals surface area contributed by atoms with Crippen molar-refractivity contribution in [3.63, 3.8) is 0 Å². The number of anilines is 1. The fraction of sp³-hybridized carbons (Fsp3) is 0.476. The third kappa shape index (κ3) is 3.54. The molecule has 1 fully saturated rings. The predicted molar refractivity (Wildman–Crippen MR) is 110 cm³/mol. The molecule has 0 aliphatic carbocycles.